The first-order valence-corrected chi connectivity index (χ1v) is 11.0. The molecule has 1 heterocycles. The van der Waals surface area contributed by atoms with Crippen LogP contribution in [0.1, 0.15) is 53.1 Å². The van der Waals surface area contributed by atoms with Gasteiger partial charge in [0.15, 0.2) is 0 Å². The number of carboxylic acid groups (broad SMARTS) is 1. The van der Waals surface area contributed by atoms with E-state index in [-0.39, 0.29) is 5.56 Å². The maximum Gasteiger partial charge on any atom is 0.307 e. The molecule has 164 valence electrons. The van der Waals surface area contributed by atoms with Crippen LogP contribution in [-0.4, -0.2) is 22.9 Å². The smallest absolute Gasteiger partial charge is 0.307 e. The normalized spacial score (nSPS) is 18.7. The van der Waals surface area contributed by atoms with E-state index in [9.17, 15) is 19.5 Å². The number of primary amides is 1. The number of thiophene rings is 1. The standard InChI is InChI=1S/C24H28N2O4S/c1-11-6-7-16(8-12(11)2)19-15(5)31-23(20(19)21(25)27)26-22(28)17-9-13(3)14(4)10-18(17)24(29)30/h6-8,17-18H,9-10H2,1-5H3,(H2,25,27)(H,26,28)(H,29,30)/t17-,18+/m0/s1. The number of allylic oxidation sites excluding steroid dienone is 2. The fourth-order valence-electron chi connectivity index (χ4n) is 4.14. The number of aliphatic carboxylic acids is 1. The lowest BCUT2D eigenvalue weighted by Crippen LogP contribution is -2.36. The van der Waals surface area contributed by atoms with Gasteiger partial charge in [0, 0.05) is 10.4 Å². The van der Waals surface area contributed by atoms with Gasteiger partial charge in [0.2, 0.25) is 5.91 Å². The molecule has 1 aromatic heterocycles. The molecule has 0 radical (unpaired) electrons. The Balaban J connectivity index is 2.00. The van der Waals surface area contributed by atoms with Crippen LogP contribution >= 0.6 is 11.3 Å². The lowest BCUT2D eigenvalue weighted by atomic mass is 9.76. The average Bonchev–Trinajstić information content (AvgIpc) is 3.01. The van der Waals surface area contributed by atoms with Crippen molar-refractivity contribution in [3.05, 3.63) is 50.9 Å². The van der Waals surface area contributed by atoms with Crippen molar-refractivity contribution >= 4 is 34.1 Å². The number of carbonyl (C=O) groups is 3. The van der Waals surface area contributed by atoms with Gasteiger partial charge in [0.1, 0.15) is 5.00 Å². The van der Waals surface area contributed by atoms with Crippen molar-refractivity contribution in [1.29, 1.82) is 0 Å². The number of carboxylic acids is 1. The summed E-state index contributed by atoms with van der Waals surface area (Å²) < 4.78 is 0. The largest absolute Gasteiger partial charge is 0.481 e. The van der Waals surface area contributed by atoms with E-state index in [1.807, 2.05) is 52.8 Å². The Bertz CT molecular complexity index is 1110. The molecule has 0 aliphatic heterocycles. The number of hydrogen-bond acceptors (Lipinski definition) is 4. The Kier molecular flexibility index (Phi) is 6.36. The minimum atomic E-state index is -0.986. The number of anilines is 1. The molecule has 4 N–H and O–H groups in total. The second-order valence-electron chi connectivity index (χ2n) is 8.41. The molecule has 3 rings (SSSR count). The number of rotatable bonds is 5. The first kappa shape index (κ1) is 22.7. The van der Waals surface area contributed by atoms with Crippen LogP contribution in [0.15, 0.2) is 29.3 Å². The van der Waals surface area contributed by atoms with Gasteiger partial charge in [-0.2, -0.15) is 0 Å². The number of nitrogens with two attached hydrogens (primary N) is 1. The van der Waals surface area contributed by atoms with E-state index in [1.165, 1.54) is 11.3 Å². The van der Waals surface area contributed by atoms with Gasteiger partial charge in [-0.15, -0.1) is 11.3 Å². The van der Waals surface area contributed by atoms with Gasteiger partial charge in [-0.3, -0.25) is 14.4 Å². The molecule has 2 atom stereocenters. The maximum absolute atomic E-state index is 13.1. The number of aryl methyl sites for hydroxylation is 3. The SMILES string of the molecule is CC1=C(C)C[C@@H](C(=O)O)[C@@H](C(=O)Nc2sc(C)c(-c3ccc(C)c(C)c3)c2C(N)=O)C1. The van der Waals surface area contributed by atoms with Crippen molar-refractivity contribution in [3.8, 4) is 11.1 Å². The van der Waals surface area contributed by atoms with Crippen molar-refractivity contribution in [3.63, 3.8) is 0 Å². The Morgan fingerprint density at radius 2 is 1.61 bits per heavy atom. The quantitative estimate of drug-likeness (QED) is 0.579. The third-order valence-corrected chi connectivity index (χ3v) is 7.30. The summed E-state index contributed by atoms with van der Waals surface area (Å²) in [6, 6.07) is 5.93. The van der Waals surface area contributed by atoms with Crippen LogP contribution in [0.5, 0.6) is 0 Å². The Hall–Kier alpha value is -2.93. The summed E-state index contributed by atoms with van der Waals surface area (Å²) in [4.78, 5) is 38.1. The predicted octanol–water partition coefficient (Wildman–Crippen LogP) is 4.82. The van der Waals surface area contributed by atoms with E-state index in [1.54, 1.807) is 0 Å². The molecule has 7 heteroatoms. The summed E-state index contributed by atoms with van der Waals surface area (Å²) in [5.74, 6) is -3.50. The molecule has 1 aromatic carbocycles. The number of nitrogens with one attached hydrogen (secondary N) is 1. The minimum absolute atomic E-state index is 0.269. The van der Waals surface area contributed by atoms with Crippen molar-refractivity contribution in [2.45, 2.75) is 47.5 Å². The first-order chi connectivity index (χ1) is 14.5. The van der Waals surface area contributed by atoms with Gasteiger partial charge in [-0.05, 0) is 64.2 Å². The van der Waals surface area contributed by atoms with Gasteiger partial charge >= 0.3 is 5.97 Å². The summed E-state index contributed by atoms with van der Waals surface area (Å²) >= 11 is 1.29. The van der Waals surface area contributed by atoms with Crippen LogP contribution in [-0.2, 0) is 9.59 Å². The molecular weight excluding hydrogens is 412 g/mol. The molecule has 6 nitrogen and oxygen atoms in total. The van der Waals surface area contributed by atoms with Crippen molar-refractivity contribution in [2.75, 3.05) is 5.32 Å². The molecule has 0 unspecified atom stereocenters. The van der Waals surface area contributed by atoms with Crippen molar-refractivity contribution in [1.82, 2.24) is 0 Å². The molecule has 1 aliphatic carbocycles. The van der Waals surface area contributed by atoms with Crippen LogP contribution in [0.25, 0.3) is 11.1 Å². The van der Waals surface area contributed by atoms with Crippen LogP contribution < -0.4 is 11.1 Å². The van der Waals surface area contributed by atoms with Gasteiger partial charge in [-0.1, -0.05) is 29.3 Å². The third-order valence-electron chi connectivity index (χ3n) is 6.28. The van der Waals surface area contributed by atoms with Crippen LogP contribution in [0.2, 0.25) is 0 Å². The van der Waals surface area contributed by atoms with Crippen LogP contribution in [0.4, 0.5) is 5.00 Å². The summed E-state index contributed by atoms with van der Waals surface area (Å²) in [7, 11) is 0. The molecule has 2 aromatic rings. The van der Waals surface area contributed by atoms with Crippen molar-refractivity contribution in [2.24, 2.45) is 17.6 Å². The molecule has 2 amide bonds. The average molecular weight is 441 g/mol. The monoisotopic (exact) mass is 440 g/mol. The van der Waals surface area contributed by atoms with Gasteiger partial charge in [0.05, 0.1) is 17.4 Å². The number of hydrogen-bond donors (Lipinski definition) is 3. The van der Waals surface area contributed by atoms with Crippen LogP contribution in [0, 0.1) is 32.6 Å². The molecule has 0 saturated carbocycles. The van der Waals surface area contributed by atoms with Gasteiger partial charge in [0.25, 0.3) is 5.91 Å². The molecule has 31 heavy (non-hydrogen) atoms. The van der Waals surface area contributed by atoms with E-state index in [0.29, 0.717) is 23.4 Å². The van der Waals surface area contributed by atoms with E-state index in [2.05, 4.69) is 5.32 Å². The summed E-state index contributed by atoms with van der Waals surface area (Å²) in [5, 5.41) is 12.8. The van der Waals surface area contributed by atoms with Gasteiger partial charge in [-0.25, -0.2) is 0 Å². The zero-order chi connectivity index (χ0) is 23.0. The number of carbonyl (C=O) groups excluding carboxylic acids is 2. The van der Waals surface area contributed by atoms with Crippen molar-refractivity contribution < 1.29 is 19.5 Å². The topological polar surface area (TPSA) is 109 Å². The molecular formula is C24H28N2O4S. The molecule has 0 spiro atoms. The highest BCUT2D eigenvalue weighted by Gasteiger charge is 2.38. The highest BCUT2D eigenvalue weighted by atomic mass is 32.1. The predicted molar refractivity (Wildman–Crippen MR) is 123 cm³/mol. The number of amides is 2. The Labute approximate surface area is 186 Å². The lowest BCUT2D eigenvalue weighted by Gasteiger charge is -2.29. The Morgan fingerprint density at radius 3 is 2.16 bits per heavy atom. The second-order valence-corrected chi connectivity index (χ2v) is 9.63. The third kappa shape index (κ3) is 4.42. The lowest BCUT2D eigenvalue weighted by molar-refractivity contribution is -0.146. The highest BCUT2D eigenvalue weighted by molar-refractivity contribution is 7.17. The fourth-order valence-corrected chi connectivity index (χ4v) is 5.23. The van der Waals surface area contributed by atoms with E-state index >= 15 is 0 Å². The summed E-state index contributed by atoms with van der Waals surface area (Å²) in [6.07, 6.45) is 0.730. The highest BCUT2D eigenvalue weighted by Crippen LogP contribution is 2.41. The fraction of sp³-hybridized carbons (Fsp3) is 0.375. The van der Waals surface area contributed by atoms with E-state index in [4.69, 9.17) is 5.73 Å². The molecule has 0 bridgehead atoms. The molecule has 1 aliphatic rings. The second kappa shape index (κ2) is 8.67. The zero-order valence-electron chi connectivity index (χ0n) is 18.5. The van der Waals surface area contributed by atoms with Gasteiger partial charge < -0.3 is 16.2 Å². The minimum Gasteiger partial charge on any atom is -0.481 e. The summed E-state index contributed by atoms with van der Waals surface area (Å²) in [5.41, 5.74) is 11.8. The molecule has 0 saturated heterocycles. The van der Waals surface area contributed by atoms with Crippen LogP contribution in [0.3, 0.4) is 0 Å². The first-order valence-electron chi connectivity index (χ1n) is 10.2. The summed E-state index contributed by atoms with van der Waals surface area (Å²) in [6.45, 7) is 9.73. The maximum atomic E-state index is 13.1. The number of benzene rings is 1. The Morgan fingerprint density at radius 1 is 1.00 bits per heavy atom. The zero-order valence-corrected chi connectivity index (χ0v) is 19.3. The van der Waals surface area contributed by atoms with E-state index < -0.39 is 29.6 Å². The van der Waals surface area contributed by atoms with E-state index in [0.717, 1.165) is 32.7 Å². The molecule has 0 fully saturated rings.